The van der Waals surface area contributed by atoms with Crippen LogP contribution in [0.15, 0.2) is 9.27 Å². The zero-order valence-corrected chi connectivity index (χ0v) is 9.85. The number of rotatable bonds is 4. The number of hydrogen-bond donors (Lipinski definition) is 1. The van der Waals surface area contributed by atoms with Crippen molar-refractivity contribution >= 4 is 15.9 Å². The topological polar surface area (TPSA) is 55.0 Å². The summed E-state index contributed by atoms with van der Waals surface area (Å²) in [7, 11) is 1.66. The van der Waals surface area contributed by atoms with E-state index in [0.717, 1.165) is 18.5 Å². The van der Waals surface area contributed by atoms with Gasteiger partial charge in [0.15, 0.2) is 0 Å². The quantitative estimate of drug-likeness (QED) is 0.834. The lowest BCUT2D eigenvalue weighted by Gasteiger charge is -2.02. The summed E-state index contributed by atoms with van der Waals surface area (Å²) in [6.07, 6.45) is 1.59. The second-order valence-electron chi connectivity index (χ2n) is 3.01. The van der Waals surface area contributed by atoms with Gasteiger partial charge in [-0.3, -0.25) is 4.79 Å². The van der Waals surface area contributed by atoms with Crippen LogP contribution in [0.3, 0.4) is 0 Å². The Labute approximate surface area is 90.8 Å². The number of nitrogens with one attached hydrogen (secondary N) is 1. The van der Waals surface area contributed by atoms with Crippen LogP contribution < -0.4 is 5.56 Å². The van der Waals surface area contributed by atoms with Gasteiger partial charge in [0.2, 0.25) is 0 Å². The summed E-state index contributed by atoms with van der Waals surface area (Å²) in [4.78, 5) is 18.3. The van der Waals surface area contributed by atoms with Crippen LogP contribution in [0.25, 0.3) is 0 Å². The Morgan fingerprint density at radius 1 is 1.57 bits per heavy atom. The molecule has 0 aliphatic rings. The molecule has 1 N–H and O–H groups in total. The minimum absolute atomic E-state index is 0.120. The zero-order chi connectivity index (χ0) is 10.6. The van der Waals surface area contributed by atoms with Gasteiger partial charge in [-0.05, 0) is 29.3 Å². The molecule has 1 rings (SSSR count). The monoisotopic (exact) mass is 260 g/mol. The second kappa shape index (κ2) is 5.26. The number of nitrogens with zero attached hydrogens (tertiary/aromatic N) is 1. The molecule has 0 radical (unpaired) electrons. The highest BCUT2D eigenvalue weighted by Gasteiger charge is 2.04. The minimum atomic E-state index is -0.120. The molecule has 0 aliphatic heterocycles. The van der Waals surface area contributed by atoms with Gasteiger partial charge in [-0.25, -0.2) is 4.98 Å². The molecular weight excluding hydrogens is 248 g/mol. The van der Waals surface area contributed by atoms with Crippen LogP contribution in [0, 0.1) is 6.92 Å². The Kier molecular flexibility index (Phi) is 4.28. The van der Waals surface area contributed by atoms with Gasteiger partial charge >= 0.3 is 0 Å². The highest BCUT2D eigenvalue weighted by atomic mass is 79.9. The summed E-state index contributed by atoms with van der Waals surface area (Å²) in [6.45, 7) is 2.48. The van der Waals surface area contributed by atoms with E-state index >= 15 is 0 Å². The fourth-order valence-corrected chi connectivity index (χ4v) is 1.32. The molecule has 1 heterocycles. The van der Waals surface area contributed by atoms with E-state index in [0.29, 0.717) is 16.9 Å². The number of H-pyrrole nitrogens is 1. The van der Waals surface area contributed by atoms with E-state index < -0.39 is 0 Å². The van der Waals surface area contributed by atoms with Crippen molar-refractivity contribution in [3.8, 4) is 0 Å². The first-order chi connectivity index (χ1) is 6.65. The molecular formula is C9H13BrN2O2. The molecule has 0 fully saturated rings. The lowest BCUT2D eigenvalue weighted by molar-refractivity contribution is 0.194. The van der Waals surface area contributed by atoms with Crippen LogP contribution in [0.2, 0.25) is 0 Å². The SMILES string of the molecule is COCCCc1nc(C)c(Br)c(=O)[nH]1. The van der Waals surface area contributed by atoms with Crippen molar-refractivity contribution in [3.63, 3.8) is 0 Å². The number of ether oxygens (including phenoxy) is 1. The van der Waals surface area contributed by atoms with Gasteiger partial charge in [-0.15, -0.1) is 0 Å². The van der Waals surface area contributed by atoms with Gasteiger partial charge in [0.1, 0.15) is 10.3 Å². The van der Waals surface area contributed by atoms with Gasteiger partial charge in [-0.2, -0.15) is 0 Å². The molecule has 0 bridgehead atoms. The Balaban J connectivity index is 2.75. The van der Waals surface area contributed by atoms with E-state index in [1.54, 1.807) is 14.0 Å². The van der Waals surface area contributed by atoms with Crippen LogP contribution in [-0.4, -0.2) is 23.7 Å². The van der Waals surface area contributed by atoms with Crippen molar-refractivity contribution in [1.82, 2.24) is 9.97 Å². The molecule has 0 amide bonds. The van der Waals surface area contributed by atoms with Crippen LogP contribution in [0.1, 0.15) is 17.9 Å². The lowest BCUT2D eigenvalue weighted by atomic mass is 10.3. The molecule has 0 spiro atoms. The first kappa shape index (κ1) is 11.4. The van der Waals surface area contributed by atoms with Gasteiger partial charge in [-0.1, -0.05) is 0 Å². The maximum Gasteiger partial charge on any atom is 0.265 e. The predicted octanol–water partition coefficient (Wildman–Crippen LogP) is 1.42. The standard InChI is InChI=1S/C9H13BrN2O2/c1-6-8(10)9(13)12-7(11-6)4-3-5-14-2/h3-5H2,1-2H3,(H,11,12,13). The van der Waals surface area contributed by atoms with Crippen LogP contribution in [-0.2, 0) is 11.2 Å². The Morgan fingerprint density at radius 3 is 2.86 bits per heavy atom. The fraction of sp³-hybridized carbons (Fsp3) is 0.556. The Morgan fingerprint density at radius 2 is 2.29 bits per heavy atom. The average Bonchev–Trinajstić information content (AvgIpc) is 2.14. The normalized spacial score (nSPS) is 10.5. The Bertz CT molecular complexity index is 362. The van der Waals surface area contributed by atoms with E-state index in [4.69, 9.17) is 4.74 Å². The molecule has 1 aromatic rings. The summed E-state index contributed by atoms with van der Waals surface area (Å²) < 4.78 is 5.43. The van der Waals surface area contributed by atoms with E-state index in [-0.39, 0.29) is 5.56 Å². The highest BCUT2D eigenvalue weighted by Crippen LogP contribution is 2.07. The average molecular weight is 261 g/mol. The number of hydrogen-bond acceptors (Lipinski definition) is 3. The van der Waals surface area contributed by atoms with E-state index in [9.17, 15) is 4.79 Å². The van der Waals surface area contributed by atoms with Crippen LogP contribution >= 0.6 is 15.9 Å². The fourth-order valence-electron chi connectivity index (χ4n) is 1.13. The maximum absolute atomic E-state index is 11.3. The van der Waals surface area contributed by atoms with E-state index in [2.05, 4.69) is 25.9 Å². The van der Waals surface area contributed by atoms with E-state index in [1.807, 2.05) is 0 Å². The predicted molar refractivity (Wildman–Crippen MR) is 57.5 cm³/mol. The number of aromatic nitrogens is 2. The number of aryl methyl sites for hydroxylation is 2. The van der Waals surface area contributed by atoms with Crippen LogP contribution in [0.5, 0.6) is 0 Å². The molecule has 5 heteroatoms. The third-order valence-electron chi connectivity index (χ3n) is 1.84. The zero-order valence-electron chi connectivity index (χ0n) is 8.26. The van der Waals surface area contributed by atoms with Gasteiger partial charge in [0, 0.05) is 20.1 Å². The smallest absolute Gasteiger partial charge is 0.265 e. The molecule has 0 saturated carbocycles. The molecule has 14 heavy (non-hydrogen) atoms. The third-order valence-corrected chi connectivity index (χ3v) is 2.77. The van der Waals surface area contributed by atoms with Gasteiger partial charge in [0.05, 0.1) is 5.69 Å². The molecule has 0 aromatic carbocycles. The maximum atomic E-state index is 11.3. The molecule has 0 saturated heterocycles. The Hall–Kier alpha value is -0.680. The molecule has 4 nitrogen and oxygen atoms in total. The summed E-state index contributed by atoms with van der Waals surface area (Å²) in [5.41, 5.74) is 0.603. The number of halogens is 1. The summed E-state index contributed by atoms with van der Waals surface area (Å²) >= 11 is 3.16. The number of methoxy groups -OCH3 is 1. The van der Waals surface area contributed by atoms with Gasteiger partial charge in [0.25, 0.3) is 5.56 Å². The first-order valence-corrected chi connectivity index (χ1v) is 5.18. The summed E-state index contributed by atoms with van der Waals surface area (Å²) in [6, 6.07) is 0. The van der Waals surface area contributed by atoms with E-state index in [1.165, 1.54) is 0 Å². The summed E-state index contributed by atoms with van der Waals surface area (Å²) in [5.74, 6) is 0.716. The number of aromatic amines is 1. The van der Waals surface area contributed by atoms with Crippen LogP contribution in [0.4, 0.5) is 0 Å². The molecule has 1 aromatic heterocycles. The molecule has 78 valence electrons. The highest BCUT2D eigenvalue weighted by molar-refractivity contribution is 9.10. The van der Waals surface area contributed by atoms with Crippen molar-refractivity contribution in [3.05, 3.63) is 26.3 Å². The molecule has 0 atom stereocenters. The molecule has 0 aliphatic carbocycles. The third kappa shape index (κ3) is 2.92. The van der Waals surface area contributed by atoms with Crippen molar-refractivity contribution in [2.24, 2.45) is 0 Å². The van der Waals surface area contributed by atoms with Crippen molar-refractivity contribution in [2.75, 3.05) is 13.7 Å². The van der Waals surface area contributed by atoms with Crippen molar-refractivity contribution in [2.45, 2.75) is 19.8 Å². The van der Waals surface area contributed by atoms with Crippen molar-refractivity contribution < 1.29 is 4.74 Å². The molecule has 0 unspecified atom stereocenters. The summed E-state index contributed by atoms with van der Waals surface area (Å²) in [5, 5.41) is 0. The largest absolute Gasteiger partial charge is 0.385 e. The minimum Gasteiger partial charge on any atom is -0.385 e. The first-order valence-electron chi connectivity index (χ1n) is 4.39. The van der Waals surface area contributed by atoms with Crippen molar-refractivity contribution in [1.29, 1.82) is 0 Å². The second-order valence-corrected chi connectivity index (χ2v) is 3.80. The van der Waals surface area contributed by atoms with Gasteiger partial charge < -0.3 is 9.72 Å². The lowest BCUT2D eigenvalue weighted by Crippen LogP contribution is -2.14.